The van der Waals surface area contributed by atoms with E-state index in [0.717, 1.165) is 0 Å². The van der Waals surface area contributed by atoms with Crippen LogP contribution in [0.3, 0.4) is 0 Å². The van der Waals surface area contributed by atoms with Crippen molar-refractivity contribution >= 4 is 56.2 Å². The Labute approximate surface area is 130 Å². The molecule has 0 aromatic heterocycles. The van der Waals surface area contributed by atoms with Gasteiger partial charge >= 0.3 is 0 Å². The maximum Gasteiger partial charge on any atom is 0.208 e. The van der Waals surface area contributed by atoms with Crippen molar-refractivity contribution < 1.29 is 8.42 Å². The molecule has 0 radical (unpaired) electrons. The summed E-state index contributed by atoms with van der Waals surface area (Å²) >= 11 is 23.3. The third kappa shape index (κ3) is 3.01. The molecule has 0 aliphatic rings. The highest BCUT2D eigenvalue weighted by Crippen LogP contribution is 2.35. The van der Waals surface area contributed by atoms with E-state index in [9.17, 15) is 8.42 Å². The molecule has 0 spiro atoms. The van der Waals surface area contributed by atoms with E-state index in [-0.39, 0.29) is 24.9 Å². The summed E-state index contributed by atoms with van der Waals surface area (Å²) in [7, 11) is -3.79. The van der Waals surface area contributed by atoms with Crippen molar-refractivity contribution in [1.29, 1.82) is 0 Å². The summed E-state index contributed by atoms with van der Waals surface area (Å²) in [4.78, 5) is -0.0638. The smallest absolute Gasteiger partial charge is 0.208 e. The van der Waals surface area contributed by atoms with Gasteiger partial charge in [0.1, 0.15) is 0 Å². The van der Waals surface area contributed by atoms with Crippen LogP contribution in [-0.4, -0.2) is 8.42 Å². The van der Waals surface area contributed by atoms with Gasteiger partial charge in [-0.2, -0.15) is 0 Å². The van der Waals surface area contributed by atoms with Gasteiger partial charge in [-0.15, -0.1) is 0 Å². The zero-order valence-corrected chi connectivity index (χ0v) is 13.0. The Balaban J connectivity index is 2.66. The quantitative estimate of drug-likeness (QED) is 0.699. The topological polar surface area (TPSA) is 34.1 Å². The van der Waals surface area contributed by atoms with Gasteiger partial charge < -0.3 is 0 Å². The molecule has 0 bridgehead atoms. The van der Waals surface area contributed by atoms with E-state index in [4.69, 9.17) is 46.4 Å². The average molecular weight is 356 g/mol. The van der Waals surface area contributed by atoms with E-state index in [1.54, 1.807) is 0 Å². The van der Waals surface area contributed by atoms with Gasteiger partial charge in [-0.3, -0.25) is 0 Å². The Bertz CT molecular complexity index is 724. The molecular weight excluding hydrogens is 350 g/mol. The van der Waals surface area contributed by atoms with E-state index in [1.807, 2.05) is 0 Å². The highest BCUT2D eigenvalue weighted by atomic mass is 35.5. The van der Waals surface area contributed by atoms with Crippen molar-refractivity contribution in [3.8, 4) is 0 Å². The third-order valence-electron chi connectivity index (χ3n) is 2.37. The predicted octanol–water partition coefficient (Wildman–Crippen LogP) is 5.13. The summed E-state index contributed by atoms with van der Waals surface area (Å²) in [6.07, 6.45) is 0. The predicted molar refractivity (Wildman–Crippen MR) is 78.4 cm³/mol. The zero-order chi connectivity index (χ0) is 14.2. The highest BCUT2D eigenvalue weighted by Gasteiger charge is 2.23. The summed E-state index contributed by atoms with van der Waals surface area (Å²) < 4.78 is 24.9. The van der Waals surface area contributed by atoms with Gasteiger partial charge in [0.2, 0.25) is 9.84 Å². The highest BCUT2D eigenvalue weighted by molar-refractivity contribution is 7.91. The Morgan fingerprint density at radius 1 is 0.789 bits per heavy atom. The van der Waals surface area contributed by atoms with E-state index in [0.29, 0.717) is 5.02 Å². The van der Waals surface area contributed by atoms with Crippen LogP contribution in [0.2, 0.25) is 20.1 Å². The molecule has 0 heterocycles. The van der Waals surface area contributed by atoms with Crippen LogP contribution in [0.5, 0.6) is 0 Å². The first kappa shape index (κ1) is 14.9. The van der Waals surface area contributed by atoms with Crippen LogP contribution in [-0.2, 0) is 9.84 Å². The molecule has 0 fully saturated rings. The molecule has 19 heavy (non-hydrogen) atoms. The van der Waals surface area contributed by atoms with Crippen LogP contribution >= 0.6 is 46.4 Å². The van der Waals surface area contributed by atoms with Crippen molar-refractivity contribution in [2.45, 2.75) is 9.79 Å². The summed E-state index contributed by atoms with van der Waals surface area (Å²) in [5.74, 6) is 0. The van der Waals surface area contributed by atoms with Gasteiger partial charge in [0.05, 0.1) is 19.8 Å². The molecule has 0 amide bonds. The Morgan fingerprint density at radius 2 is 1.37 bits per heavy atom. The van der Waals surface area contributed by atoms with Gasteiger partial charge in [-0.1, -0.05) is 46.4 Å². The third-order valence-corrected chi connectivity index (χ3v) is 5.55. The first-order valence-electron chi connectivity index (χ1n) is 4.97. The largest absolute Gasteiger partial charge is 0.218 e. The minimum absolute atomic E-state index is 0.0546. The summed E-state index contributed by atoms with van der Waals surface area (Å²) in [5, 5.41) is 0.666. The minimum Gasteiger partial charge on any atom is -0.218 e. The monoisotopic (exact) mass is 354 g/mol. The fourth-order valence-corrected chi connectivity index (χ4v) is 4.00. The molecular formula is C12H6Cl4O2S. The molecule has 0 N–H and O–H groups in total. The molecule has 0 aliphatic heterocycles. The Morgan fingerprint density at radius 3 is 1.95 bits per heavy atom. The van der Waals surface area contributed by atoms with Crippen molar-refractivity contribution in [2.24, 2.45) is 0 Å². The standard InChI is InChI=1S/C12H6Cl4O2S/c13-7-1-3-9(4-2-7)19(17,18)11-6-8(14)5-10(15)12(11)16/h1-6H. The molecule has 2 aromatic rings. The fraction of sp³-hybridized carbons (Fsp3) is 0. The van der Waals surface area contributed by atoms with Crippen LogP contribution in [0.15, 0.2) is 46.2 Å². The van der Waals surface area contributed by atoms with Crippen LogP contribution in [0.25, 0.3) is 0 Å². The number of halogens is 4. The zero-order valence-electron chi connectivity index (χ0n) is 9.20. The van der Waals surface area contributed by atoms with Gasteiger partial charge in [0.15, 0.2) is 0 Å². The fourth-order valence-electron chi connectivity index (χ4n) is 1.47. The summed E-state index contributed by atoms with van der Waals surface area (Å²) in [5.41, 5.74) is 0. The molecule has 0 unspecified atom stereocenters. The van der Waals surface area contributed by atoms with Gasteiger partial charge in [0, 0.05) is 10.0 Å². The van der Waals surface area contributed by atoms with Gasteiger partial charge in [0.25, 0.3) is 0 Å². The maximum atomic E-state index is 12.4. The first-order valence-corrected chi connectivity index (χ1v) is 7.97. The lowest BCUT2D eigenvalue weighted by atomic mass is 10.3. The van der Waals surface area contributed by atoms with Crippen molar-refractivity contribution in [3.63, 3.8) is 0 Å². The molecule has 2 nitrogen and oxygen atoms in total. The summed E-state index contributed by atoms with van der Waals surface area (Å²) in [6.45, 7) is 0. The second-order valence-corrected chi connectivity index (χ2v) is 7.23. The molecule has 0 aliphatic carbocycles. The number of rotatable bonds is 2. The van der Waals surface area contributed by atoms with Gasteiger partial charge in [-0.25, -0.2) is 8.42 Å². The average Bonchev–Trinajstić information content (AvgIpc) is 2.34. The maximum absolute atomic E-state index is 12.4. The van der Waals surface area contributed by atoms with Crippen LogP contribution in [0.4, 0.5) is 0 Å². The number of benzene rings is 2. The second-order valence-electron chi connectivity index (χ2n) is 3.66. The molecule has 0 saturated carbocycles. The number of sulfone groups is 1. The van der Waals surface area contributed by atoms with Crippen LogP contribution in [0.1, 0.15) is 0 Å². The minimum atomic E-state index is -3.79. The normalized spacial score (nSPS) is 11.6. The molecule has 0 atom stereocenters. The lowest BCUT2D eigenvalue weighted by Gasteiger charge is -2.08. The molecule has 0 saturated heterocycles. The molecule has 2 rings (SSSR count). The Hall–Kier alpha value is -0.450. The van der Waals surface area contributed by atoms with Crippen molar-refractivity contribution in [1.82, 2.24) is 0 Å². The van der Waals surface area contributed by atoms with Crippen LogP contribution < -0.4 is 0 Å². The van der Waals surface area contributed by atoms with Gasteiger partial charge in [-0.05, 0) is 36.4 Å². The lowest BCUT2D eigenvalue weighted by molar-refractivity contribution is 0.596. The van der Waals surface area contributed by atoms with E-state index in [2.05, 4.69) is 0 Å². The Kier molecular flexibility index (Phi) is 4.33. The van der Waals surface area contributed by atoms with Crippen molar-refractivity contribution in [3.05, 3.63) is 56.5 Å². The molecule has 100 valence electrons. The van der Waals surface area contributed by atoms with E-state index < -0.39 is 9.84 Å². The van der Waals surface area contributed by atoms with Crippen LogP contribution in [0, 0.1) is 0 Å². The first-order chi connectivity index (χ1) is 8.82. The number of hydrogen-bond acceptors (Lipinski definition) is 2. The van der Waals surface area contributed by atoms with E-state index in [1.165, 1.54) is 36.4 Å². The SMILES string of the molecule is O=S(=O)(c1ccc(Cl)cc1)c1cc(Cl)cc(Cl)c1Cl. The molecule has 7 heteroatoms. The summed E-state index contributed by atoms with van der Waals surface area (Å²) in [6, 6.07) is 8.39. The molecule has 2 aromatic carbocycles. The second kappa shape index (κ2) is 5.51. The van der Waals surface area contributed by atoms with E-state index >= 15 is 0 Å². The van der Waals surface area contributed by atoms with Crippen molar-refractivity contribution in [2.75, 3.05) is 0 Å². The number of hydrogen-bond donors (Lipinski definition) is 0. The lowest BCUT2D eigenvalue weighted by Crippen LogP contribution is -2.03.